The number of aromatic nitrogens is 2. The van der Waals surface area contributed by atoms with Gasteiger partial charge in [0, 0.05) is 11.4 Å². The molecule has 3 rings (SSSR count). The van der Waals surface area contributed by atoms with Crippen LogP contribution in [-0.4, -0.2) is 16.7 Å². The van der Waals surface area contributed by atoms with Crippen LogP contribution in [0.1, 0.15) is 5.56 Å². The Labute approximate surface area is 111 Å². The summed E-state index contributed by atoms with van der Waals surface area (Å²) in [6.07, 6.45) is 1.81. The van der Waals surface area contributed by atoms with Crippen LogP contribution >= 0.6 is 0 Å². The maximum absolute atomic E-state index is 5.77. The summed E-state index contributed by atoms with van der Waals surface area (Å²) in [6.45, 7) is 2.03. The highest BCUT2D eigenvalue weighted by atomic mass is 16.5. The van der Waals surface area contributed by atoms with Crippen LogP contribution in [-0.2, 0) is 0 Å². The van der Waals surface area contributed by atoms with E-state index < -0.39 is 0 Å². The van der Waals surface area contributed by atoms with Gasteiger partial charge in [0.2, 0.25) is 0 Å². The highest BCUT2D eigenvalue weighted by molar-refractivity contribution is 5.80. The molecule has 0 aliphatic carbocycles. The second kappa shape index (κ2) is 4.31. The average Bonchev–Trinajstić information content (AvgIpc) is 2.81. The molecule has 0 saturated heterocycles. The number of nitrogens with two attached hydrogens (primary N) is 1. The van der Waals surface area contributed by atoms with Crippen molar-refractivity contribution in [2.75, 3.05) is 12.8 Å². The second-order valence-electron chi connectivity index (χ2n) is 4.52. The molecule has 0 aliphatic heterocycles. The first kappa shape index (κ1) is 11.6. The second-order valence-corrected chi connectivity index (χ2v) is 4.52. The lowest BCUT2D eigenvalue weighted by Crippen LogP contribution is -1.94. The van der Waals surface area contributed by atoms with Gasteiger partial charge in [-0.1, -0.05) is 0 Å². The number of nitrogen functional groups attached to an aromatic ring is 1. The molecule has 0 bridgehead atoms. The molecule has 2 N–H and O–H groups in total. The van der Waals surface area contributed by atoms with Crippen LogP contribution in [0.5, 0.6) is 5.75 Å². The van der Waals surface area contributed by atoms with Crippen molar-refractivity contribution >= 4 is 16.7 Å². The maximum Gasteiger partial charge on any atom is 0.121 e. The Morgan fingerprint density at radius 2 is 2.00 bits per heavy atom. The zero-order valence-electron chi connectivity index (χ0n) is 10.9. The van der Waals surface area contributed by atoms with Gasteiger partial charge in [0.05, 0.1) is 18.1 Å². The molecule has 3 aromatic rings. The number of ether oxygens (including phenoxy) is 1. The molecule has 1 heterocycles. The molecule has 0 unspecified atom stereocenters. The lowest BCUT2D eigenvalue weighted by atomic mass is 10.2. The molecule has 0 atom stereocenters. The van der Waals surface area contributed by atoms with E-state index in [0.29, 0.717) is 0 Å². The minimum Gasteiger partial charge on any atom is -0.496 e. The number of aryl methyl sites for hydroxylation is 1. The van der Waals surface area contributed by atoms with Crippen molar-refractivity contribution in [1.82, 2.24) is 9.55 Å². The number of anilines is 1. The first-order valence-corrected chi connectivity index (χ1v) is 6.06. The van der Waals surface area contributed by atoms with Crippen molar-refractivity contribution in [3.05, 3.63) is 48.3 Å². The molecule has 19 heavy (non-hydrogen) atoms. The molecular formula is C15H15N3O. The van der Waals surface area contributed by atoms with E-state index in [1.54, 1.807) is 7.11 Å². The van der Waals surface area contributed by atoms with Crippen molar-refractivity contribution in [3.8, 4) is 11.4 Å². The summed E-state index contributed by atoms with van der Waals surface area (Å²) in [7, 11) is 1.68. The summed E-state index contributed by atoms with van der Waals surface area (Å²) in [5.74, 6) is 0.886. The van der Waals surface area contributed by atoms with E-state index in [4.69, 9.17) is 10.5 Å². The van der Waals surface area contributed by atoms with Crippen molar-refractivity contribution in [2.24, 2.45) is 0 Å². The van der Waals surface area contributed by atoms with Gasteiger partial charge in [-0.3, -0.25) is 4.57 Å². The molecular weight excluding hydrogens is 238 g/mol. The summed E-state index contributed by atoms with van der Waals surface area (Å²) in [4.78, 5) is 4.38. The number of hydrogen-bond donors (Lipinski definition) is 1. The first-order chi connectivity index (χ1) is 9.19. The van der Waals surface area contributed by atoms with Gasteiger partial charge in [0.1, 0.15) is 12.1 Å². The molecule has 1 aromatic heterocycles. The maximum atomic E-state index is 5.77. The van der Waals surface area contributed by atoms with E-state index in [1.807, 2.05) is 48.1 Å². The summed E-state index contributed by atoms with van der Waals surface area (Å²) in [6, 6.07) is 11.8. The number of methoxy groups -OCH3 is 1. The molecule has 0 aliphatic rings. The van der Waals surface area contributed by atoms with E-state index in [1.165, 1.54) is 0 Å². The van der Waals surface area contributed by atoms with Gasteiger partial charge >= 0.3 is 0 Å². The van der Waals surface area contributed by atoms with Crippen molar-refractivity contribution in [3.63, 3.8) is 0 Å². The minimum absolute atomic E-state index is 0.726. The van der Waals surface area contributed by atoms with Gasteiger partial charge in [0.15, 0.2) is 0 Å². The molecule has 0 spiro atoms. The molecule has 4 heteroatoms. The van der Waals surface area contributed by atoms with Crippen molar-refractivity contribution in [2.45, 2.75) is 6.92 Å². The monoisotopic (exact) mass is 253 g/mol. The number of rotatable bonds is 2. The molecule has 0 radical (unpaired) electrons. The quantitative estimate of drug-likeness (QED) is 0.714. The van der Waals surface area contributed by atoms with E-state index >= 15 is 0 Å². The van der Waals surface area contributed by atoms with Gasteiger partial charge in [-0.25, -0.2) is 4.98 Å². The topological polar surface area (TPSA) is 53.1 Å². The smallest absolute Gasteiger partial charge is 0.121 e. The molecule has 0 saturated carbocycles. The molecule has 2 aromatic carbocycles. The Morgan fingerprint density at radius 3 is 2.74 bits per heavy atom. The summed E-state index contributed by atoms with van der Waals surface area (Å²) < 4.78 is 7.32. The lowest BCUT2D eigenvalue weighted by molar-refractivity contribution is 0.411. The molecule has 0 amide bonds. The van der Waals surface area contributed by atoms with Gasteiger partial charge in [-0.15, -0.1) is 0 Å². The SMILES string of the molecule is COc1ccc(-n2cnc3cc(N)ccc32)cc1C. The number of benzene rings is 2. The van der Waals surface area contributed by atoms with Crippen LogP contribution < -0.4 is 10.5 Å². The van der Waals surface area contributed by atoms with Gasteiger partial charge in [-0.05, 0) is 48.9 Å². The first-order valence-electron chi connectivity index (χ1n) is 6.06. The number of nitrogens with zero attached hydrogens (tertiary/aromatic N) is 2. The van der Waals surface area contributed by atoms with E-state index in [-0.39, 0.29) is 0 Å². The Morgan fingerprint density at radius 1 is 1.16 bits per heavy atom. The van der Waals surface area contributed by atoms with Gasteiger partial charge < -0.3 is 10.5 Å². The van der Waals surface area contributed by atoms with E-state index in [0.717, 1.165) is 33.7 Å². The Kier molecular flexibility index (Phi) is 2.63. The number of fused-ring (bicyclic) bond motifs is 1. The largest absolute Gasteiger partial charge is 0.496 e. The fourth-order valence-corrected chi connectivity index (χ4v) is 2.25. The van der Waals surface area contributed by atoms with Gasteiger partial charge in [0.25, 0.3) is 0 Å². The van der Waals surface area contributed by atoms with Crippen LogP contribution in [0.15, 0.2) is 42.7 Å². The zero-order valence-corrected chi connectivity index (χ0v) is 10.9. The normalized spacial score (nSPS) is 10.8. The highest BCUT2D eigenvalue weighted by Crippen LogP contribution is 2.24. The molecule has 96 valence electrons. The Bertz CT molecular complexity index is 746. The van der Waals surface area contributed by atoms with Gasteiger partial charge in [-0.2, -0.15) is 0 Å². The van der Waals surface area contributed by atoms with Crippen LogP contribution in [0.3, 0.4) is 0 Å². The summed E-state index contributed by atoms with van der Waals surface area (Å²) >= 11 is 0. The summed E-state index contributed by atoms with van der Waals surface area (Å²) in [5, 5.41) is 0. The fraction of sp³-hybridized carbons (Fsp3) is 0.133. The van der Waals surface area contributed by atoms with Crippen molar-refractivity contribution < 1.29 is 4.74 Å². The van der Waals surface area contributed by atoms with Crippen LogP contribution in [0.25, 0.3) is 16.7 Å². The predicted molar refractivity (Wildman–Crippen MR) is 76.8 cm³/mol. The molecule has 0 fully saturated rings. The molecule has 4 nitrogen and oxygen atoms in total. The van der Waals surface area contributed by atoms with Crippen molar-refractivity contribution in [1.29, 1.82) is 0 Å². The third kappa shape index (κ3) is 1.91. The Balaban J connectivity index is 2.16. The van der Waals surface area contributed by atoms with Crippen LogP contribution in [0.4, 0.5) is 5.69 Å². The Hall–Kier alpha value is -2.49. The van der Waals surface area contributed by atoms with E-state index in [2.05, 4.69) is 11.1 Å². The lowest BCUT2D eigenvalue weighted by Gasteiger charge is -2.09. The third-order valence-electron chi connectivity index (χ3n) is 3.23. The zero-order chi connectivity index (χ0) is 13.4. The minimum atomic E-state index is 0.726. The predicted octanol–water partition coefficient (Wildman–Crippen LogP) is 2.92. The summed E-state index contributed by atoms with van der Waals surface area (Å²) in [5.41, 5.74) is 10.6. The number of imidazole rings is 1. The number of hydrogen-bond acceptors (Lipinski definition) is 3. The van der Waals surface area contributed by atoms with E-state index in [9.17, 15) is 0 Å². The fourth-order valence-electron chi connectivity index (χ4n) is 2.25. The van der Waals surface area contributed by atoms with Crippen LogP contribution in [0, 0.1) is 6.92 Å². The standard InChI is InChI=1S/C15H15N3O/c1-10-7-12(4-6-15(10)19-2)18-9-17-13-8-11(16)3-5-14(13)18/h3-9H,16H2,1-2H3. The third-order valence-corrected chi connectivity index (χ3v) is 3.23. The average molecular weight is 253 g/mol. The highest BCUT2D eigenvalue weighted by Gasteiger charge is 2.06. The van der Waals surface area contributed by atoms with Crippen LogP contribution in [0.2, 0.25) is 0 Å².